The molecule has 0 saturated carbocycles. The van der Waals surface area contributed by atoms with Gasteiger partial charge in [0.15, 0.2) is 0 Å². The lowest BCUT2D eigenvalue weighted by molar-refractivity contribution is -0.104. The van der Waals surface area contributed by atoms with Gasteiger partial charge in [-0.3, -0.25) is 14.8 Å². The summed E-state index contributed by atoms with van der Waals surface area (Å²) >= 11 is 0. The number of rotatable bonds is 4. The predicted octanol–water partition coefficient (Wildman–Crippen LogP) is 2.25. The summed E-state index contributed by atoms with van der Waals surface area (Å²) in [6.45, 7) is 0. The van der Waals surface area contributed by atoms with E-state index in [1.54, 1.807) is 24.8 Å². The zero-order valence-electron chi connectivity index (χ0n) is 10.9. The van der Waals surface area contributed by atoms with Crippen LogP contribution in [0.25, 0.3) is 16.8 Å². The summed E-state index contributed by atoms with van der Waals surface area (Å²) in [5.74, 6) is 0. The molecule has 0 N–H and O–H groups in total. The van der Waals surface area contributed by atoms with Crippen molar-refractivity contribution in [3.05, 3.63) is 54.6 Å². The smallest absolute Gasteiger partial charge is 0.144 e. The Bertz CT molecular complexity index is 591. The second kappa shape index (κ2) is 5.91. The fourth-order valence-electron chi connectivity index (χ4n) is 1.85. The summed E-state index contributed by atoms with van der Waals surface area (Å²) in [5, 5.41) is 0. The molecule has 0 aromatic carbocycles. The summed E-state index contributed by atoms with van der Waals surface area (Å²) in [7, 11) is 3.79. The Balaban J connectivity index is 2.45. The number of aromatic nitrogens is 2. The summed E-state index contributed by atoms with van der Waals surface area (Å²) < 4.78 is 0. The van der Waals surface area contributed by atoms with Gasteiger partial charge >= 0.3 is 0 Å². The van der Waals surface area contributed by atoms with Crippen LogP contribution in [0.15, 0.2) is 49.1 Å². The Labute approximate surface area is 112 Å². The van der Waals surface area contributed by atoms with E-state index < -0.39 is 0 Å². The van der Waals surface area contributed by atoms with Crippen LogP contribution in [0.1, 0.15) is 5.56 Å². The first-order valence-electron chi connectivity index (χ1n) is 5.91. The molecule has 0 saturated heterocycles. The third-order valence-corrected chi connectivity index (χ3v) is 2.76. The molecule has 0 unspecified atom stereocenters. The van der Waals surface area contributed by atoms with Crippen molar-refractivity contribution in [1.29, 1.82) is 0 Å². The topological polar surface area (TPSA) is 46.1 Å². The third kappa shape index (κ3) is 3.04. The van der Waals surface area contributed by atoms with E-state index >= 15 is 0 Å². The average molecular weight is 253 g/mol. The normalized spacial score (nSPS) is 11.2. The maximum Gasteiger partial charge on any atom is 0.144 e. The molecule has 0 aliphatic rings. The van der Waals surface area contributed by atoms with Crippen molar-refractivity contribution in [3.63, 3.8) is 0 Å². The molecular formula is C15H15N3O. The van der Waals surface area contributed by atoms with Crippen molar-refractivity contribution >= 4 is 12.0 Å². The molecule has 2 aromatic heterocycles. The minimum atomic E-state index is 0.786. The minimum absolute atomic E-state index is 0.786. The number of hydrogen-bond donors (Lipinski definition) is 0. The van der Waals surface area contributed by atoms with Gasteiger partial charge in [0, 0.05) is 61.8 Å². The first-order valence-corrected chi connectivity index (χ1v) is 5.91. The monoisotopic (exact) mass is 253 g/mol. The molecule has 4 heteroatoms. The van der Waals surface area contributed by atoms with E-state index in [9.17, 15) is 4.79 Å². The molecule has 0 radical (unpaired) electrons. The van der Waals surface area contributed by atoms with Crippen LogP contribution >= 0.6 is 0 Å². The first-order chi connectivity index (χ1) is 9.22. The van der Waals surface area contributed by atoms with Crippen molar-refractivity contribution < 1.29 is 4.79 Å². The van der Waals surface area contributed by atoms with Crippen molar-refractivity contribution in [1.82, 2.24) is 14.9 Å². The molecule has 0 spiro atoms. The summed E-state index contributed by atoms with van der Waals surface area (Å²) in [4.78, 5) is 20.8. The number of nitrogens with zero attached hydrogens (tertiary/aromatic N) is 3. The zero-order valence-corrected chi connectivity index (χ0v) is 10.9. The van der Waals surface area contributed by atoms with E-state index in [1.807, 2.05) is 37.2 Å². The quantitative estimate of drug-likeness (QED) is 0.619. The van der Waals surface area contributed by atoms with Gasteiger partial charge in [0.05, 0.1) is 0 Å². The lowest BCUT2D eigenvalue weighted by Crippen LogP contribution is -2.10. The van der Waals surface area contributed by atoms with Gasteiger partial charge in [-0.15, -0.1) is 0 Å². The molecule has 0 atom stereocenters. The fourth-order valence-corrected chi connectivity index (χ4v) is 1.85. The number of carbonyl (C=O) groups excluding carboxylic acids is 1. The lowest BCUT2D eigenvalue weighted by Gasteiger charge is -2.17. The maximum absolute atomic E-state index is 10.7. The maximum atomic E-state index is 10.7. The highest BCUT2D eigenvalue weighted by molar-refractivity contribution is 5.81. The second-order valence-electron chi connectivity index (χ2n) is 4.28. The molecule has 19 heavy (non-hydrogen) atoms. The molecule has 2 heterocycles. The zero-order chi connectivity index (χ0) is 13.7. The fraction of sp³-hybridized carbons (Fsp3) is 0.133. The molecule has 0 aliphatic carbocycles. The second-order valence-corrected chi connectivity index (χ2v) is 4.28. The van der Waals surface area contributed by atoms with E-state index in [0.717, 1.165) is 28.7 Å². The van der Waals surface area contributed by atoms with Gasteiger partial charge in [0.2, 0.25) is 0 Å². The van der Waals surface area contributed by atoms with Gasteiger partial charge in [-0.1, -0.05) is 0 Å². The molecule has 0 amide bonds. The summed E-state index contributed by atoms with van der Waals surface area (Å²) in [6, 6.07) is 5.87. The average Bonchev–Trinajstić information content (AvgIpc) is 2.45. The largest absolute Gasteiger partial charge is 0.377 e. The lowest BCUT2D eigenvalue weighted by atomic mass is 10.1. The molecule has 0 fully saturated rings. The van der Waals surface area contributed by atoms with Gasteiger partial charge in [-0.25, -0.2) is 0 Å². The van der Waals surface area contributed by atoms with Gasteiger partial charge in [-0.05, 0) is 23.8 Å². The highest BCUT2D eigenvalue weighted by Gasteiger charge is 2.06. The van der Waals surface area contributed by atoms with Gasteiger partial charge < -0.3 is 4.90 Å². The SMILES string of the molecule is CN(C)C(=CC=O)c1cncc(-c2ccncc2)c1. The molecule has 2 aromatic rings. The Morgan fingerprint density at radius 1 is 1.11 bits per heavy atom. The number of hydrogen-bond acceptors (Lipinski definition) is 4. The van der Waals surface area contributed by atoms with Crippen LogP contribution in [0.2, 0.25) is 0 Å². The Morgan fingerprint density at radius 3 is 2.47 bits per heavy atom. The third-order valence-electron chi connectivity index (χ3n) is 2.76. The van der Waals surface area contributed by atoms with Crippen LogP contribution in [0, 0.1) is 0 Å². The molecule has 0 aliphatic heterocycles. The van der Waals surface area contributed by atoms with E-state index in [0.29, 0.717) is 0 Å². The van der Waals surface area contributed by atoms with E-state index in [4.69, 9.17) is 0 Å². The highest BCUT2D eigenvalue weighted by atomic mass is 16.1. The molecule has 2 rings (SSSR count). The van der Waals surface area contributed by atoms with E-state index in [1.165, 1.54) is 6.08 Å². The van der Waals surface area contributed by atoms with Crippen LogP contribution in [0.4, 0.5) is 0 Å². The van der Waals surface area contributed by atoms with Crippen molar-refractivity contribution in [2.75, 3.05) is 14.1 Å². The van der Waals surface area contributed by atoms with E-state index in [-0.39, 0.29) is 0 Å². The van der Waals surface area contributed by atoms with Crippen LogP contribution in [-0.2, 0) is 4.79 Å². The summed E-state index contributed by atoms with van der Waals surface area (Å²) in [5.41, 5.74) is 3.79. The number of aldehydes is 1. The van der Waals surface area contributed by atoms with Crippen molar-refractivity contribution in [2.45, 2.75) is 0 Å². The molecular weight excluding hydrogens is 238 g/mol. The molecule has 0 bridgehead atoms. The molecule has 96 valence electrons. The van der Waals surface area contributed by atoms with Gasteiger partial charge in [-0.2, -0.15) is 0 Å². The minimum Gasteiger partial charge on any atom is -0.377 e. The number of allylic oxidation sites excluding steroid dienone is 1. The van der Waals surface area contributed by atoms with Crippen LogP contribution in [-0.4, -0.2) is 35.2 Å². The van der Waals surface area contributed by atoms with Crippen molar-refractivity contribution in [2.24, 2.45) is 0 Å². The van der Waals surface area contributed by atoms with Gasteiger partial charge in [0.25, 0.3) is 0 Å². The Morgan fingerprint density at radius 2 is 1.84 bits per heavy atom. The van der Waals surface area contributed by atoms with Crippen LogP contribution < -0.4 is 0 Å². The number of pyridine rings is 2. The Hall–Kier alpha value is -2.49. The number of carbonyl (C=O) groups is 1. The summed E-state index contributed by atoms with van der Waals surface area (Å²) in [6.07, 6.45) is 9.36. The standard InChI is InChI=1S/C15H15N3O/c1-18(2)15(5-8-19)14-9-13(10-17-11-14)12-3-6-16-7-4-12/h3-11H,1-2H3. The first kappa shape index (κ1) is 13.0. The molecule has 4 nitrogen and oxygen atoms in total. The Kier molecular flexibility index (Phi) is 4.03. The van der Waals surface area contributed by atoms with Crippen LogP contribution in [0.5, 0.6) is 0 Å². The van der Waals surface area contributed by atoms with Crippen LogP contribution in [0.3, 0.4) is 0 Å². The van der Waals surface area contributed by atoms with Gasteiger partial charge in [0.1, 0.15) is 6.29 Å². The van der Waals surface area contributed by atoms with Crippen molar-refractivity contribution in [3.8, 4) is 11.1 Å². The predicted molar refractivity (Wildman–Crippen MR) is 75.2 cm³/mol. The highest BCUT2D eigenvalue weighted by Crippen LogP contribution is 2.22. The van der Waals surface area contributed by atoms with E-state index in [2.05, 4.69) is 9.97 Å².